The van der Waals surface area contributed by atoms with Crippen LogP contribution in [0.15, 0.2) is 36.1 Å². The number of ether oxygens (including phenoxy) is 2. The van der Waals surface area contributed by atoms with Crippen LogP contribution >= 0.6 is 0 Å². The van der Waals surface area contributed by atoms with Crippen molar-refractivity contribution in [3.05, 3.63) is 53.3 Å². The number of carbonyl (C=O) groups excluding carboxylic acids is 5. The van der Waals surface area contributed by atoms with Gasteiger partial charge >= 0.3 is 12.1 Å². The highest BCUT2D eigenvalue weighted by Crippen LogP contribution is 2.12. The van der Waals surface area contributed by atoms with Crippen LogP contribution in [0.4, 0.5) is 9.18 Å². The Morgan fingerprint density at radius 3 is 2.33 bits per heavy atom. The number of alkyl carbamates (subject to hydrolysis) is 1. The van der Waals surface area contributed by atoms with Crippen LogP contribution in [0, 0.1) is 11.7 Å². The summed E-state index contributed by atoms with van der Waals surface area (Å²) in [5.41, 5.74) is -1.36. The molecule has 0 bridgehead atoms. The third-order valence-electron chi connectivity index (χ3n) is 5.50. The van der Waals surface area contributed by atoms with E-state index in [1.165, 1.54) is 19.9 Å². The van der Waals surface area contributed by atoms with Crippen molar-refractivity contribution in [2.45, 2.75) is 98.9 Å². The lowest BCUT2D eigenvalue weighted by atomic mass is 10.0. The summed E-state index contributed by atoms with van der Waals surface area (Å²) in [6.07, 6.45) is 4.91. The summed E-state index contributed by atoms with van der Waals surface area (Å²) in [6, 6.07) is 1.07. The molecule has 1 aromatic heterocycles. The number of hydrogen-bond acceptors (Lipinski definition) is 8. The Labute approximate surface area is 246 Å². The minimum absolute atomic E-state index is 0.000832. The van der Waals surface area contributed by atoms with Gasteiger partial charge in [-0.25, -0.2) is 19.0 Å². The van der Waals surface area contributed by atoms with Crippen LogP contribution in [-0.4, -0.2) is 52.4 Å². The van der Waals surface area contributed by atoms with Crippen molar-refractivity contribution in [1.82, 2.24) is 20.9 Å². The van der Waals surface area contributed by atoms with Gasteiger partial charge in [0.15, 0.2) is 0 Å². The molecule has 0 spiro atoms. The number of nitrogens with zero attached hydrogens (tertiary/aromatic N) is 1. The van der Waals surface area contributed by atoms with Crippen LogP contribution in [0.5, 0.6) is 0 Å². The number of esters is 1. The molecule has 3 amide bonds. The van der Waals surface area contributed by atoms with Crippen LogP contribution in [0.3, 0.4) is 0 Å². The minimum Gasteiger partial charge on any atom is -0.456 e. The normalized spacial score (nSPS) is 13.3. The molecule has 0 saturated heterocycles. The number of pyridine rings is 1. The predicted octanol–water partition coefficient (Wildman–Crippen LogP) is 4.27. The number of allylic oxidation sites excluding steroid dienone is 2. The first-order valence-corrected chi connectivity index (χ1v) is 13.8. The smallest absolute Gasteiger partial charge is 0.407 e. The topological polar surface area (TPSA) is 153 Å². The third-order valence-corrected chi connectivity index (χ3v) is 5.50. The second kappa shape index (κ2) is 17.0. The van der Waals surface area contributed by atoms with E-state index >= 15 is 0 Å². The number of Topliss-reactive ketones (excluding diaryl/α,β-unsaturated/α-hetero) is 1. The Morgan fingerprint density at radius 2 is 1.79 bits per heavy atom. The highest BCUT2D eigenvalue weighted by molar-refractivity contribution is 6.03. The number of amides is 3. The first-order valence-electron chi connectivity index (χ1n) is 13.8. The van der Waals surface area contributed by atoms with Crippen molar-refractivity contribution in [2.24, 2.45) is 5.92 Å². The minimum atomic E-state index is -1.08. The number of halogens is 1. The van der Waals surface area contributed by atoms with Crippen LogP contribution in [0.25, 0.3) is 0 Å². The molecule has 0 aliphatic carbocycles. The lowest BCUT2D eigenvalue weighted by Crippen LogP contribution is -2.48. The first kappa shape index (κ1) is 35.9. The van der Waals surface area contributed by atoms with Crippen molar-refractivity contribution in [3.8, 4) is 0 Å². The van der Waals surface area contributed by atoms with E-state index in [9.17, 15) is 28.4 Å². The molecule has 12 heteroatoms. The lowest BCUT2D eigenvalue weighted by molar-refractivity contribution is -0.152. The molecule has 0 aliphatic heterocycles. The molecule has 3 N–H and O–H groups in total. The quantitative estimate of drug-likeness (QED) is 0.165. The fourth-order valence-electron chi connectivity index (χ4n) is 3.44. The van der Waals surface area contributed by atoms with Gasteiger partial charge in [0.25, 0.3) is 11.8 Å². The highest BCUT2D eigenvalue weighted by atomic mass is 19.1. The number of ketones is 1. The zero-order valence-corrected chi connectivity index (χ0v) is 25.6. The van der Waals surface area contributed by atoms with E-state index in [4.69, 9.17) is 9.47 Å². The molecule has 1 heterocycles. The van der Waals surface area contributed by atoms with Crippen molar-refractivity contribution in [1.29, 1.82) is 0 Å². The van der Waals surface area contributed by atoms with Gasteiger partial charge in [-0.15, -0.1) is 0 Å². The average Bonchev–Trinajstić information content (AvgIpc) is 2.88. The summed E-state index contributed by atoms with van der Waals surface area (Å²) in [5, 5.41) is 7.37. The second-order valence-electron chi connectivity index (χ2n) is 10.9. The number of rotatable bonds is 14. The van der Waals surface area contributed by atoms with Gasteiger partial charge in [-0.2, -0.15) is 0 Å². The van der Waals surface area contributed by atoms with Crippen LogP contribution < -0.4 is 16.0 Å². The Morgan fingerprint density at radius 1 is 1.12 bits per heavy atom. The van der Waals surface area contributed by atoms with Crippen molar-refractivity contribution < 1.29 is 37.8 Å². The summed E-state index contributed by atoms with van der Waals surface area (Å²) < 4.78 is 24.9. The largest absolute Gasteiger partial charge is 0.456 e. The van der Waals surface area contributed by atoms with E-state index in [2.05, 4.69) is 20.9 Å². The van der Waals surface area contributed by atoms with Crippen molar-refractivity contribution >= 4 is 29.7 Å². The van der Waals surface area contributed by atoms with Crippen LogP contribution in [0.2, 0.25) is 0 Å². The Bertz CT molecular complexity index is 1190. The maximum atomic E-state index is 14.3. The standard InChI is InChI=1S/C30H43FN4O7/c1-9-11-12-13-20(16-19(5)36)41-28(39)25(18(3)4)35-26(37)22(10-2)34-27(38)23-15-14-21(31)24(33-23)17-32-29(40)42-30(6,7)8/h10,12-15,18,20,25H,9,11,16-17H2,1-8H3,(H,32,40)(H,34,38)(H,35,37)/b13-12+,22-10-/t20-,25+/m1/s1. The number of hydrogen-bond donors (Lipinski definition) is 3. The van der Waals surface area contributed by atoms with E-state index in [0.29, 0.717) is 0 Å². The SMILES string of the molecule is C/C=C(\NC(=O)c1ccc(F)c(CNC(=O)OC(C)(C)C)n1)C(=O)N[C@H](C(=O)O[C@H](/C=C/CCC)CC(C)=O)C(C)C. The predicted molar refractivity (Wildman–Crippen MR) is 154 cm³/mol. The number of unbranched alkanes of at least 4 members (excludes halogenated alkanes) is 1. The van der Waals surface area contributed by atoms with Crippen molar-refractivity contribution in [2.75, 3.05) is 0 Å². The Balaban J connectivity index is 2.97. The molecule has 232 valence electrons. The highest BCUT2D eigenvalue weighted by Gasteiger charge is 2.29. The summed E-state index contributed by atoms with van der Waals surface area (Å²) in [7, 11) is 0. The molecular weight excluding hydrogens is 547 g/mol. The molecule has 0 saturated carbocycles. The summed E-state index contributed by atoms with van der Waals surface area (Å²) in [5.74, 6) is -3.60. The molecule has 1 rings (SSSR count). The number of carbonyl (C=O) groups is 5. The van der Waals surface area contributed by atoms with E-state index in [1.54, 1.807) is 40.7 Å². The first-order chi connectivity index (χ1) is 19.6. The molecular formula is C30H43FN4O7. The third kappa shape index (κ3) is 13.0. The molecule has 1 aromatic rings. The Hall–Kier alpha value is -4.09. The lowest BCUT2D eigenvalue weighted by Gasteiger charge is -2.24. The summed E-state index contributed by atoms with van der Waals surface area (Å²) >= 11 is 0. The Kier molecular flexibility index (Phi) is 14.5. The zero-order chi connectivity index (χ0) is 32.0. The summed E-state index contributed by atoms with van der Waals surface area (Å²) in [6.45, 7) is 13.0. The van der Waals surface area contributed by atoms with Gasteiger partial charge in [-0.1, -0.05) is 39.3 Å². The van der Waals surface area contributed by atoms with Gasteiger partial charge in [-0.3, -0.25) is 14.4 Å². The van der Waals surface area contributed by atoms with Crippen LogP contribution in [-0.2, 0) is 30.4 Å². The van der Waals surface area contributed by atoms with E-state index in [1.807, 2.05) is 13.0 Å². The molecule has 42 heavy (non-hydrogen) atoms. The monoisotopic (exact) mass is 590 g/mol. The van der Waals surface area contributed by atoms with Gasteiger partial charge in [-0.05, 0) is 65.2 Å². The maximum absolute atomic E-state index is 14.3. The van der Waals surface area contributed by atoms with Gasteiger partial charge in [0.05, 0.1) is 12.2 Å². The number of aromatic nitrogens is 1. The molecule has 11 nitrogen and oxygen atoms in total. The van der Waals surface area contributed by atoms with E-state index in [0.717, 1.165) is 25.0 Å². The van der Waals surface area contributed by atoms with Crippen LogP contribution in [0.1, 0.15) is 90.8 Å². The number of nitrogens with one attached hydrogen (secondary N) is 3. The molecule has 0 unspecified atom stereocenters. The summed E-state index contributed by atoms with van der Waals surface area (Å²) in [4.78, 5) is 66.4. The van der Waals surface area contributed by atoms with Gasteiger partial charge in [0.2, 0.25) is 0 Å². The van der Waals surface area contributed by atoms with E-state index < -0.39 is 47.4 Å². The fourth-order valence-corrected chi connectivity index (χ4v) is 3.44. The molecule has 0 aromatic carbocycles. The molecule has 0 aliphatic rings. The van der Waals surface area contributed by atoms with Gasteiger partial charge < -0.3 is 25.4 Å². The zero-order valence-electron chi connectivity index (χ0n) is 25.6. The molecule has 0 fully saturated rings. The maximum Gasteiger partial charge on any atom is 0.407 e. The average molecular weight is 591 g/mol. The van der Waals surface area contributed by atoms with Crippen molar-refractivity contribution in [3.63, 3.8) is 0 Å². The molecule has 0 radical (unpaired) electrons. The van der Waals surface area contributed by atoms with Gasteiger partial charge in [0, 0.05) is 6.42 Å². The second-order valence-corrected chi connectivity index (χ2v) is 10.9. The van der Waals surface area contributed by atoms with Gasteiger partial charge in [0.1, 0.15) is 40.7 Å². The fraction of sp³-hybridized carbons (Fsp3) is 0.533. The van der Waals surface area contributed by atoms with E-state index in [-0.39, 0.29) is 41.8 Å². The molecule has 2 atom stereocenters.